The van der Waals surface area contributed by atoms with E-state index in [4.69, 9.17) is 10.2 Å². The minimum atomic E-state index is 0.194. The van der Waals surface area contributed by atoms with E-state index < -0.39 is 0 Å². The second-order valence-corrected chi connectivity index (χ2v) is 6.45. The van der Waals surface area contributed by atoms with Crippen LogP contribution in [-0.4, -0.2) is 50.6 Å². The highest BCUT2D eigenvalue weighted by Gasteiger charge is 2.37. The standard InChI is InChI=1S/C16H29N3O/c1-12-10-13(12)15-6-7-16(20-15)14(11-17)19(4)9-5-8-18(2)3/h6-7,12-14H,5,8-11,17H2,1-4H3. The molecular formula is C16H29N3O. The lowest BCUT2D eigenvalue weighted by atomic mass is 10.2. The van der Waals surface area contributed by atoms with Gasteiger partial charge in [0.05, 0.1) is 6.04 Å². The van der Waals surface area contributed by atoms with E-state index in [9.17, 15) is 0 Å². The zero-order valence-electron chi connectivity index (χ0n) is 13.3. The molecule has 0 radical (unpaired) electrons. The average molecular weight is 279 g/mol. The largest absolute Gasteiger partial charge is 0.464 e. The third-order valence-electron chi connectivity index (χ3n) is 4.32. The van der Waals surface area contributed by atoms with E-state index in [0.29, 0.717) is 12.5 Å². The molecule has 20 heavy (non-hydrogen) atoms. The summed E-state index contributed by atoms with van der Waals surface area (Å²) in [6.07, 6.45) is 2.41. The van der Waals surface area contributed by atoms with Crippen molar-refractivity contribution in [2.75, 3.05) is 40.8 Å². The summed E-state index contributed by atoms with van der Waals surface area (Å²) in [7, 11) is 6.35. The molecule has 4 heteroatoms. The van der Waals surface area contributed by atoms with Gasteiger partial charge in [-0.15, -0.1) is 0 Å². The molecule has 1 aliphatic rings. The Morgan fingerprint density at radius 1 is 1.30 bits per heavy atom. The zero-order valence-corrected chi connectivity index (χ0v) is 13.3. The zero-order chi connectivity index (χ0) is 14.7. The Bertz CT molecular complexity index is 416. The van der Waals surface area contributed by atoms with Gasteiger partial charge in [0, 0.05) is 12.5 Å². The van der Waals surface area contributed by atoms with E-state index in [0.717, 1.165) is 36.9 Å². The average Bonchev–Trinajstić information content (AvgIpc) is 2.92. The highest BCUT2D eigenvalue weighted by Crippen LogP contribution is 2.47. The third kappa shape index (κ3) is 3.84. The van der Waals surface area contributed by atoms with Gasteiger partial charge in [0.2, 0.25) is 0 Å². The molecule has 2 N–H and O–H groups in total. The first kappa shape index (κ1) is 15.5. The maximum absolute atomic E-state index is 6.05. The summed E-state index contributed by atoms with van der Waals surface area (Å²) in [5.41, 5.74) is 5.95. The van der Waals surface area contributed by atoms with E-state index in [1.807, 2.05) is 0 Å². The topological polar surface area (TPSA) is 45.6 Å². The fourth-order valence-electron chi connectivity index (χ4n) is 2.77. The summed E-state index contributed by atoms with van der Waals surface area (Å²) < 4.78 is 6.05. The van der Waals surface area contributed by atoms with Crippen LogP contribution in [0.4, 0.5) is 0 Å². The van der Waals surface area contributed by atoms with Gasteiger partial charge in [-0.1, -0.05) is 6.92 Å². The molecule has 1 fully saturated rings. The van der Waals surface area contributed by atoms with Crippen molar-refractivity contribution in [1.29, 1.82) is 0 Å². The molecule has 1 aromatic heterocycles. The monoisotopic (exact) mass is 279 g/mol. The molecule has 0 saturated heterocycles. The van der Waals surface area contributed by atoms with Gasteiger partial charge in [-0.2, -0.15) is 0 Å². The van der Waals surface area contributed by atoms with Crippen molar-refractivity contribution >= 4 is 0 Å². The maximum Gasteiger partial charge on any atom is 0.122 e. The normalized spacial score (nSPS) is 23.6. The van der Waals surface area contributed by atoms with Gasteiger partial charge in [-0.05, 0) is 65.1 Å². The summed E-state index contributed by atoms with van der Waals surface area (Å²) >= 11 is 0. The molecule has 1 saturated carbocycles. The van der Waals surface area contributed by atoms with Crippen molar-refractivity contribution < 1.29 is 4.42 Å². The van der Waals surface area contributed by atoms with Gasteiger partial charge >= 0.3 is 0 Å². The quantitative estimate of drug-likeness (QED) is 0.793. The lowest BCUT2D eigenvalue weighted by Crippen LogP contribution is -2.32. The molecule has 2 rings (SSSR count). The van der Waals surface area contributed by atoms with Crippen LogP contribution in [0.3, 0.4) is 0 Å². The number of rotatable bonds is 8. The van der Waals surface area contributed by atoms with E-state index in [-0.39, 0.29) is 6.04 Å². The maximum atomic E-state index is 6.05. The van der Waals surface area contributed by atoms with Crippen LogP contribution >= 0.6 is 0 Å². The SMILES string of the molecule is CC1CC1c1ccc(C(CN)N(C)CCCN(C)C)o1. The number of hydrogen-bond donors (Lipinski definition) is 1. The molecule has 0 aromatic carbocycles. The predicted octanol–water partition coefficient (Wildman–Crippen LogP) is 2.29. The first-order chi connectivity index (χ1) is 9.52. The van der Waals surface area contributed by atoms with Crippen LogP contribution in [0.25, 0.3) is 0 Å². The lowest BCUT2D eigenvalue weighted by molar-refractivity contribution is 0.207. The smallest absolute Gasteiger partial charge is 0.122 e. The van der Waals surface area contributed by atoms with Gasteiger partial charge in [0.1, 0.15) is 11.5 Å². The Morgan fingerprint density at radius 3 is 2.55 bits per heavy atom. The molecule has 0 bridgehead atoms. The minimum Gasteiger partial charge on any atom is -0.464 e. The van der Waals surface area contributed by atoms with Crippen LogP contribution in [0.15, 0.2) is 16.5 Å². The number of nitrogens with two attached hydrogens (primary N) is 1. The Labute approximate surface area is 122 Å². The van der Waals surface area contributed by atoms with Crippen LogP contribution in [0.2, 0.25) is 0 Å². The summed E-state index contributed by atoms with van der Waals surface area (Å²) in [5, 5.41) is 0. The molecule has 0 spiro atoms. The number of furan rings is 1. The van der Waals surface area contributed by atoms with Crippen LogP contribution in [0.5, 0.6) is 0 Å². The lowest BCUT2D eigenvalue weighted by Gasteiger charge is -2.25. The molecule has 3 unspecified atom stereocenters. The van der Waals surface area contributed by atoms with E-state index in [1.165, 1.54) is 6.42 Å². The van der Waals surface area contributed by atoms with Gasteiger partial charge in [0.15, 0.2) is 0 Å². The van der Waals surface area contributed by atoms with Gasteiger partial charge in [0.25, 0.3) is 0 Å². The van der Waals surface area contributed by atoms with Crippen molar-refractivity contribution in [1.82, 2.24) is 9.80 Å². The van der Waals surface area contributed by atoms with Crippen molar-refractivity contribution in [2.45, 2.75) is 31.7 Å². The second-order valence-electron chi connectivity index (χ2n) is 6.45. The number of nitrogens with zero attached hydrogens (tertiary/aromatic N) is 2. The molecular weight excluding hydrogens is 250 g/mol. The van der Waals surface area contributed by atoms with Crippen molar-refractivity contribution in [3.8, 4) is 0 Å². The molecule has 1 aliphatic carbocycles. The Balaban J connectivity index is 1.91. The first-order valence-corrected chi connectivity index (χ1v) is 7.67. The predicted molar refractivity (Wildman–Crippen MR) is 82.8 cm³/mol. The summed E-state index contributed by atoms with van der Waals surface area (Å²) in [5.74, 6) is 3.59. The van der Waals surface area contributed by atoms with Crippen LogP contribution in [-0.2, 0) is 0 Å². The molecule has 0 aliphatic heterocycles. The fraction of sp³-hybridized carbons (Fsp3) is 0.750. The Kier molecular flexibility index (Phi) is 5.24. The van der Waals surface area contributed by atoms with Gasteiger partial charge in [-0.3, -0.25) is 4.90 Å². The number of likely N-dealkylation sites (N-methyl/N-ethyl adjacent to an activating group) is 1. The molecule has 4 nitrogen and oxygen atoms in total. The van der Waals surface area contributed by atoms with E-state index in [2.05, 4.69) is 50.0 Å². The Hall–Kier alpha value is -0.840. The van der Waals surface area contributed by atoms with E-state index in [1.54, 1.807) is 0 Å². The van der Waals surface area contributed by atoms with Gasteiger partial charge < -0.3 is 15.1 Å². The molecule has 0 amide bonds. The second kappa shape index (κ2) is 6.74. The summed E-state index contributed by atoms with van der Waals surface area (Å²) in [6.45, 7) is 5.02. The van der Waals surface area contributed by atoms with Crippen molar-refractivity contribution in [3.63, 3.8) is 0 Å². The van der Waals surface area contributed by atoms with Crippen molar-refractivity contribution in [2.24, 2.45) is 11.7 Å². The van der Waals surface area contributed by atoms with E-state index >= 15 is 0 Å². The van der Waals surface area contributed by atoms with Gasteiger partial charge in [-0.25, -0.2) is 0 Å². The summed E-state index contributed by atoms with van der Waals surface area (Å²) in [4.78, 5) is 4.52. The molecule has 114 valence electrons. The summed E-state index contributed by atoms with van der Waals surface area (Å²) in [6, 6.07) is 4.44. The van der Waals surface area contributed by atoms with Crippen LogP contribution < -0.4 is 5.73 Å². The van der Waals surface area contributed by atoms with Crippen molar-refractivity contribution in [3.05, 3.63) is 23.7 Å². The Morgan fingerprint density at radius 2 is 2.00 bits per heavy atom. The minimum absolute atomic E-state index is 0.194. The van der Waals surface area contributed by atoms with Crippen LogP contribution in [0.1, 0.15) is 43.2 Å². The highest BCUT2D eigenvalue weighted by molar-refractivity contribution is 5.19. The highest BCUT2D eigenvalue weighted by atomic mass is 16.3. The molecule has 3 atom stereocenters. The molecule has 1 aromatic rings. The molecule has 1 heterocycles. The third-order valence-corrected chi connectivity index (χ3v) is 4.32. The first-order valence-electron chi connectivity index (χ1n) is 7.67. The van der Waals surface area contributed by atoms with Crippen LogP contribution in [0, 0.1) is 5.92 Å². The fourth-order valence-corrected chi connectivity index (χ4v) is 2.77. The number of hydrogen-bond acceptors (Lipinski definition) is 4.